The maximum atomic E-state index is 11.2. The summed E-state index contributed by atoms with van der Waals surface area (Å²) < 4.78 is 16.6. The molecule has 0 bridgehead atoms. The van der Waals surface area contributed by atoms with Crippen molar-refractivity contribution in [1.29, 1.82) is 0 Å². The lowest BCUT2D eigenvalue weighted by Crippen LogP contribution is -2.07. The van der Waals surface area contributed by atoms with E-state index in [2.05, 4.69) is 15.9 Å². The Kier molecular flexibility index (Phi) is 7.70. The van der Waals surface area contributed by atoms with Crippen LogP contribution in [0.15, 0.2) is 22.7 Å². The highest BCUT2D eigenvalue weighted by atomic mass is 79.9. The Bertz CT molecular complexity index is 406. The summed E-state index contributed by atoms with van der Waals surface area (Å²) in [6, 6.07) is 5.33. The van der Waals surface area contributed by atoms with Gasteiger partial charge in [0, 0.05) is 25.7 Å². The van der Waals surface area contributed by atoms with Gasteiger partial charge in [-0.3, -0.25) is 4.79 Å². The summed E-state index contributed by atoms with van der Waals surface area (Å²) in [4.78, 5) is 11.2. The minimum Gasteiger partial charge on any atom is -0.492 e. The van der Waals surface area contributed by atoms with E-state index in [0.717, 1.165) is 16.6 Å². The van der Waals surface area contributed by atoms with Gasteiger partial charge in [0.25, 0.3) is 0 Å². The zero-order valence-corrected chi connectivity index (χ0v) is 12.9. The molecule has 0 saturated heterocycles. The van der Waals surface area contributed by atoms with E-state index in [4.69, 9.17) is 14.2 Å². The van der Waals surface area contributed by atoms with Gasteiger partial charge in [0.15, 0.2) is 5.78 Å². The number of carbonyl (C=O) groups is 1. The molecular formula is C14H19BrO4. The van der Waals surface area contributed by atoms with Gasteiger partial charge in [0.05, 0.1) is 24.3 Å². The number of hydrogen-bond donors (Lipinski definition) is 0. The van der Waals surface area contributed by atoms with Crippen LogP contribution in [0, 0.1) is 0 Å². The molecule has 0 fully saturated rings. The van der Waals surface area contributed by atoms with Gasteiger partial charge < -0.3 is 14.2 Å². The third-order valence-electron chi connectivity index (χ3n) is 2.46. The lowest BCUT2D eigenvalue weighted by Gasteiger charge is -2.09. The topological polar surface area (TPSA) is 44.8 Å². The van der Waals surface area contributed by atoms with Crippen molar-refractivity contribution in [3.8, 4) is 5.75 Å². The number of hydrogen-bond acceptors (Lipinski definition) is 4. The molecule has 1 aromatic rings. The molecule has 0 aliphatic carbocycles. The molecule has 0 spiro atoms. The number of Topliss-reactive ketones (excluding diaryl/α,β-unsaturated/α-hetero) is 1. The van der Waals surface area contributed by atoms with Crippen LogP contribution in [-0.2, 0) is 9.47 Å². The van der Waals surface area contributed by atoms with Crippen LogP contribution >= 0.6 is 15.9 Å². The second kappa shape index (κ2) is 9.07. The Morgan fingerprint density at radius 3 is 2.63 bits per heavy atom. The second-order valence-electron chi connectivity index (χ2n) is 4.01. The number of carbonyl (C=O) groups excluding carboxylic acids is 1. The van der Waals surface area contributed by atoms with Crippen LogP contribution < -0.4 is 4.74 Å². The van der Waals surface area contributed by atoms with Gasteiger partial charge in [0.1, 0.15) is 5.75 Å². The number of ether oxygens (including phenoxy) is 3. The lowest BCUT2D eigenvalue weighted by atomic mass is 10.1. The average molecular weight is 331 g/mol. The Hall–Kier alpha value is -0.910. The van der Waals surface area contributed by atoms with E-state index in [1.165, 1.54) is 0 Å². The smallest absolute Gasteiger partial charge is 0.159 e. The van der Waals surface area contributed by atoms with Crippen LogP contribution in [0.1, 0.15) is 23.7 Å². The summed E-state index contributed by atoms with van der Waals surface area (Å²) in [5.41, 5.74) is 0.669. The van der Waals surface area contributed by atoms with E-state index in [1.807, 2.05) is 0 Å². The first-order valence-electron chi connectivity index (χ1n) is 6.15. The molecule has 19 heavy (non-hydrogen) atoms. The van der Waals surface area contributed by atoms with Crippen molar-refractivity contribution in [3.05, 3.63) is 28.2 Å². The van der Waals surface area contributed by atoms with Crippen molar-refractivity contribution in [3.63, 3.8) is 0 Å². The number of ketones is 1. The third-order valence-corrected chi connectivity index (χ3v) is 3.08. The monoisotopic (exact) mass is 330 g/mol. The molecule has 0 unspecified atom stereocenters. The molecule has 0 amide bonds. The molecule has 0 aliphatic rings. The van der Waals surface area contributed by atoms with Gasteiger partial charge in [0.2, 0.25) is 0 Å². The van der Waals surface area contributed by atoms with Crippen molar-refractivity contribution in [1.82, 2.24) is 0 Å². The van der Waals surface area contributed by atoms with Crippen molar-refractivity contribution in [2.75, 3.05) is 33.5 Å². The maximum absolute atomic E-state index is 11.2. The SMILES string of the molecule is COCCOCCCOc1ccc(C(C)=O)cc1Br. The quantitative estimate of drug-likeness (QED) is 0.515. The minimum atomic E-state index is 0.0405. The normalized spacial score (nSPS) is 10.5. The van der Waals surface area contributed by atoms with E-state index >= 15 is 0 Å². The van der Waals surface area contributed by atoms with Gasteiger partial charge in [-0.25, -0.2) is 0 Å². The molecule has 0 N–H and O–H groups in total. The highest BCUT2D eigenvalue weighted by Gasteiger charge is 2.05. The fourth-order valence-electron chi connectivity index (χ4n) is 1.42. The summed E-state index contributed by atoms with van der Waals surface area (Å²) in [7, 11) is 1.65. The fraction of sp³-hybridized carbons (Fsp3) is 0.500. The standard InChI is InChI=1S/C14H19BrO4/c1-11(16)12-4-5-14(13(15)10-12)19-7-3-6-18-9-8-17-2/h4-5,10H,3,6-9H2,1-2H3. The second-order valence-corrected chi connectivity index (χ2v) is 4.86. The van der Waals surface area contributed by atoms with Crippen LogP contribution in [0.2, 0.25) is 0 Å². The Morgan fingerprint density at radius 1 is 1.21 bits per heavy atom. The Morgan fingerprint density at radius 2 is 2.00 bits per heavy atom. The number of benzene rings is 1. The number of rotatable bonds is 9. The molecule has 0 aromatic heterocycles. The Labute approximate surface area is 122 Å². The molecule has 0 atom stereocenters. The van der Waals surface area contributed by atoms with Crippen LogP contribution in [0.5, 0.6) is 5.75 Å². The molecule has 4 nitrogen and oxygen atoms in total. The molecular weight excluding hydrogens is 312 g/mol. The van der Waals surface area contributed by atoms with Crippen molar-refractivity contribution in [2.45, 2.75) is 13.3 Å². The predicted octanol–water partition coefficient (Wildman–Crippen LogP) is 3.08. The number of methoxy groups -OCH3 is 1. The largest absolute Gasteiger partial charge is 0.492 e. The summed E-state index contributed by atoms with van der Waals surface area (Å²) >= 11 is 3.39. The first-order chi connectivity index (χ1) is 9.15. The summed E-state index contributed by atoms with van der Waals surface area (Å²) in [6.45, 7) is 3.98. The van der Waals surface area contributed by atoms with E-state index < -0.39 is 0 Å². The van der Waals surface area contributed by atoms with Gasteiger partial charge in [-0.1, -0.05) is 0 Å². The fourth-order valence-corrected chi connectivity index (χ4v) is 1.92. The summed E-state index contributed by atoms with van der Waals surface area (Å²) in [5, 5.41) is 0. The molecule has 0 radical (unpaired) electrons. The van der Waals surface area contributed by atoms with E-state index in [1.54, 1.807) is 32.2 Å². The van der Waals surface area contributed by atoms with Gasteiger partial charge in [-0.05, 0) is 41.1 Å². The molecule has 0 saturated carbocycles. The highest BCUT2D eigenvalue weighted by Crippen LogP contribution is 2.26. The van der Waals surface area contributed by atoms with Crippen molar-refractivity contribution >= 4 is 21.7 Å². The van der Waals surface area contributed by atoms with Crippen LogP contribution in [-0.4, -0.2) is 39.3 Å². The molecule has 0 aliphatic heterocycles. The van der Waals surface area contributed by atoms with Crippen LogP contribution in [0.3, 0.4) is 0 Å². The van der Waals surface area contributed by atoms with Crippen molar-refractivity contribution in [2.24, 2.45) is 0 Å². The van der Waals surface area contributed by atoms with E-state index in [9.17, 15) is 4.79 Å². The molecule has 106 valence electrons. The molecule has 1 aromatic carbocycles. The van der Waals surface area contributed by atoms with E-state index in [-0.39, 0.29) is 5.78 Å². The van der Waals surface area contributed by atoms with Gasteiger partial charge in [-0.2, -0.15) is 0 Å². The van der Waals surface area contributed by atoms with Crippen LogP contribution in [0.4, 0.5) is 0 Å². The van der Waals surface area contributed by atoms with Crippen molar-refractivity contribution < 1.29 is 19.0 Å². The summed E-state index contributed by atoms with van der Waals surface area (Å²) in [5.74, 6) is 0.778. The average Bonchev–Trinajstić information content (AvgIpc) is 2.39. The minimum absolute atomic E-state index is 0.0405. The first kappa shape index (κ1) is 16.1. The molecule has 5 heteroatoms. The maximum Gasteiger partial charge on any atom is 0.159 e. The third kappa shape index (κ3) is 6.18. The van der Waals surface area contributed by atoms with Crippen LogP contribution in [0.25, 0.3) is 0 Å². The molecule has 0 heterocycles. The molecule has 1 rings (SSSR count). The van der Waals surface area contributed by atoms with E-state index in [0.29, 0.717) is 32.0 Å². The zero-order chi connectivity index (χ0) is 14.1. The zero-order valence-electron chi connectivity index (χ0n) is 11.3. The predicted molar refractivity (Wildman–Crippen MR) is 77.0 cm³/mol. The Balaban J connectivity index is 2.28. The first-order valence-corrected chi connectivity index (χ1v) is 6.94. The summed E-state index contributed by atoms with van der Waals surface area (Å²) in [6.07, 6.45) is 0.810. The number of halogens is 1. The lowest BCUT2D eigenvalue weighted by molar-refractivity contribution is 0.0644. The van der Waals surface area contributed by atoms with Gasteiger partial charge >= 0.3 is 0 Å². The van der Waals surface area contributed by atoms with Gasteiger partial charge in [-0.15, -0.1) is 0 Å². The highest BCUT2D eigenvalue weighted by molar-refractivity contribution is 9.10.